The predicted octanol–water partition coefficient (Wildman–Crippen LogP) is -0.196. The van der Waals surface area contributed by atoms with Crippen LogP contribution in [0, 0.1) is 3.57 Å². The Kier molecular flexibility index (Phi) is 5.71. The number of aromatic amines is 1. The van der Waals surface area contributed by atoms with Crippen LogP contribution in [0.25, 0.3) is 0 Å². The molecule has 0 radical (unpaired) electrons. The number of nitrogens with zero attached hydrogens (tertiary/aromatic N) is 1. The fourth-order valence-electron chi connectivity index (χ4n) is 1.06. The van der Waals surface area contributed by atoms with E-state index in [0.717, 1.165) is 0 Å². The lowest BCUT2D eigenvalue weighted by Crippen LogP contribution is -2.32. The van der Waals surface area contributed by atoms with Crippen LogP contribution < -0.4 is 11.2 Å². The maximum atomic E-state index is 11.3. The average Bonchev–Trinajstić information content (AvgIpc) is 2.25. The second-order valence-corrected chi connectivity index (χ2v) is 4.20. The molecule has 1 aromatic heterocycles. The smallest absolute Gasteiger partial charge is 0.328 e. The van der Waals surface area contributed by atoms with Gasteiger partial charge < -0.3 is 9.47 Å². The number of methoxy groups -OCH3 is 1. The molecular weight excluding hydrogens is 327 g/mol. The van der Waals surface area contributed by atoms with Crippen molar-refractivity contribution in [3.63, 3.8) is 0 Å². The highest BCUT2D eigenvalue weighted by molar-refractivity contribution is 14.1. The van der Waals surface area contributed by atoms with Crippen LogP contribution in [-0.4, -0.2) is 36.5 Å². The van der Waals surface area contributed by atoms with E-state index >= 15 is 0 Å². The zero-order valence-corrected chi connectivity index (χ0v) is 11.0. The van der Waals surface area contributed by atoms with Gasteiger partial charge in [0.1, 0.15) is 0 Å². The molecule has 1 aromatic rings. The summed E-state index contributed by atoms with van der Waals surface area (Å²) in [6.07, 6.45) is 1.52. The molecule has 0 aliphatic rings. The Bertz CT molecular complexity index is 440. The zero-order chi connectivity index (χ0) is 12.0. The lowest BCUT2D eigenvalue weighted by Gasteiger charge is -2.06. The van der Waals surface area contributed by atoms with Crippen molar-refractivity contribution in [2.24, 2.45) is 0 Å². The second kappa shape index (κ2) is 6.81. The third-order valence-electron chi connectivity index (χ3n) is 1.88. The number of hydrogen-bond acceptors (Lipinski definition) is 4. The maximum Gasteiger partial charge on any atom is 0.328 e. The van der Waals surface area contributed by atoms with Crippen molar-refractivity contribution < 1.29 is 9.47 Å². The van der Waals surface area contributed by atoms with Crippen molar-refractivity contribution in [3.05, 3.63) is 30.6 Å². The molecule has 0 aliphatic carbocycles. The van der Waals surface area contributed by atoms with Gasteiger partial charge in [0.2, 0.25) is 0 Å². The van der Waals surface area contributed by atoms with Crippen molar-refractivity contribution in [1.29, 1.82) is 0 Å². The molecule has 0 bridgehead atoms. The van der Waals surface area contributed by atoms with Gasteiger partial charge in [-0.15, -0.1) is 0 Å². The predicted molar refractivity (Wildman–Crippen MR) is 66.7 cm³/mol. The van der Waals surface area contributed by atoms with E-state index in [2.05, 4.69) is 4.98 Å². The SMILES string of the molecule is COCCOCCn1cc(I)c(=O)[nH]c1=O. The van der Waals surface area contributed by atoms with Gasteiger partial charge in [-0.1, -0.05) is 0 Å². The molecule has 0 saturated heterocycles. The van der Waals surface area contributed by atoms with Crippen LogP contribution in [0.15, 0.2) is 15.8 Å². The molecule has 1 N–H and O–H groups in total. The van der Waals surface area contributed by atoms with Crippen LogP contribution >= 0.6 is 22.6 Å². The summed E-state index contributed by atoms with van der Waals surface area (Å²) < 4.78 is 11.9. The van der Waals surface area contributed by atoms with Crippen LogP contribution in [0.5, 0.6) is 0 Å². The van der Waals surface area contributed by atoms with Gasteiger partial charge in [-0.3, -0.25) is 14.3 Å². The Labute approximate surface area is 106 Å². The monoisotopic (exact) mass is 340 g/mol. The van der Waals surface area contributed by atoms with Crippen LogP contribution in [0.2, 0.25) is 0 Å². The summed E-state index contributed by atoms with van der Waals surface area (Å²) in [5.74, 6) is 0. The average molecular weight is 340 g/mol. The molecule has 6 nitrogen and oxygen atoms in total. The summed E-state index contributed by atoms with van der Waals surface area (Å²) in [6.45, 7) is 1.84. The largest absolute Gasteiger partial charge is 0.382 e. The van der Waals surface area contributed by atoms with Gasteiger partial charge in [0.05, 0.1) is 29.9 Å². The lowest BCUT2D eigenvalue weighted by molar-refractivity contribution is 0.0661. The molecule has 0 atom stereocenters. The Morgan fingerprint density at radius 1 is 1.38 bits per heavy atom. The van der Waals surface area contributed by atoms with Crippen molar-refractivity contribution in [3.8, 4) is 0 Å². The summed E-state index contributed by atoms with van der Waals surface area (Å²) in [6, 6.07) is 0. The van der Waals surface area contributed by atoms with E-state index in [0.29, 0.717) is 29.9 Å². The molecule has 16 heavy (non-hydrogen) atoms. The second-order valence-electron chi connectivity index (χ2n) is 3.03. The van der Waals surface area contributed by atoms with E-state index in [9.17, 15) is 9.59 Å². The van der Waals surface area contributed by atoms with Gasteiger partial charge in [-0.25, -0.2) is 4.79 Å². The van der Waals surface area contributed by atoms with E-state index in [1.54, 1.807) is 7.11 Å². The number of nitrogens with one attached hydrogen (secondary N) is 1. The first-order valence-corrected chi connectivity index (χ1v) is 5.79. The molecule has 90 valence electrons. The Hall–Kier alpha value is -0.670. The standard InChI is InChI=1S/C9H13IN2O4/c1-15-4-5-16-3-2-12-6-7(10)8(13)11-9(12)14/h6H,2-5H2,1H3,(H,11,13,14). The third kappa shape index (κ3) is 4.06. The summed E-state index contributed by atoms with van der Waals surface area (Å²) in [5.41, 5.74) is -0.775. The topological polar surface area (TPSA) is 73.3 Å². The highest BCUT2D eigenvalue weighted by atomic mass is 127. The fourth-order valence-corrected chi connectivity index (χ4v) is 1.53. The summed E-state index contributed by atoms with van der Waals surface area (Å²) in [4.78, 5) is 24.6. The van der Waals surface area contributed by atoms with Gasteiger partial charge in [0, 0.05) is 13.3 Å². The van der Waals surface area contributed by atoms with Gasteiger partial charge in [0.15, 0.2) is 0 Å². The highest BCUT2D eigenvalue weighted by Crippen LogP contribution is 1.92. The first-order valence-electron chi connectivity index (χ1n) is 4.71. The summed E-state index contributed by atoms with van der Waals surface area (Å²) in [5, 5.41) is 0. The fraction of sp³-hybridized carbons (Fsp3) is 0.556. The molecule has 0 spiro atoms. The van der Waals surface area contributed by atoms with Crippen molar-refractivity contribution in [2.75, 3.05) is 26.9 Å². The molecule has 0 aliphatic heterocycles. The van der Waals surface area contributed by atoms with E-state index in [4.69, 9.17) is 9.47 Å². The first-order chi connectivity index (χ1) is 7.65. The molecular formula is C9H13IN2O4. The van der Waals surface area contributed by atoms with Crippen molar-refractivity contribution in [1.82, 2.24) is 9.55 Å². The van der Waals surface area contributed by atoms with Gasteiger partial charge in [-0.05, 0) is 22.6 Å². The molecule has 0 unspecified atom stereocenters. The minimum Gasteiger partial charge on any atom is -0.382 e. The number of hydrogen-bond donors (Lipinski definition) is 1. The first kappa shape index (κ1) is 13.4. The summed E-state index contributed by atoms with van der Waals surface area (Å²) in [7, 11) is 1.60. The minimum absolute atomic E-state index is 0.359. The highest BCUT2D eigenvalue weighted by Gasteiger charge is 2.01. The number of H-pyrrole nitrogens is 1. The Balaban J connectivity index is 2.51. The van der Waals surface area contributed by atoms with Crippen LogP contribution in [-0.2, 0) is 16.0 Å². The lowest BCUT2D eigenvalue weighted by atomic mass is 10.6. The Morgan fingerprint density at radius 3 is 2.81 bits per heavy atom. The van der Waals surface area contributed by atoms with Gasteiger partial charge in [0.25, 0.3) is 5.56 Å². The van der Waals surface area contributed by atoms with E-state index in [1.165, 1.54) is 10.8 Å². The van der Waals surface area contributed by atoms with Crippen molar-refractivity contribution >= 4 is 22.6 Å². The normalized spacial score (nSPS) is 10.6. The van der Waals surface area contributed by atoms with Gasteiger partial charge >= 0.3 is 5.69 Å². The summed E-state index contributed by atoms with van der Waals surface area (Å²) >= 11 is 1.88. The number of halogens is 1. The molecule has 0 fully saturated rings. The number of aromatic nitrogens is 2. The van der Waals surface area contributed by atoms with Crippen molar-refractivity contribution in [2.45, 2.75) is 6.54 Å². The molecule has 7 heteroatoms. The van der Waals surface area contributed by atoms with Gasteiger partial charge in [-0.2, -0.15) is 0 Å². The third-order valence-corrected chi connectivity index (χ3v) is 2.64. The number of ether oxygens (including phenoxy) is 2. The van der Waals surface area contributed by atoms with E-state index in [-0.39, 0.29) is 5.56 Å². The zero-order valence-electron chi connectivity index (χ0n) is 8.86. The van der Waals surface area contributed by atoms with E-state index < -0.39 is 5.69 Å². The molecule has 0 amide bonds. The van der Waals surface area contributed by atoms with Crippen LogP contribution in [0.4, 0.5) is 0 Å². The van der Waals surface area contributed by atoms with Crippen LogP contribution in [0.1, 0.15) is 0 Å². The maximum absolute atomic E-state index is 11.3. The molecule has 1 rings (SSSR count). The molecule has 1 heterocycles. The minimum atomic E-state index is -0.416. The molecule has 0 saturated carbocycles. The number of rotatable bonds is 6. The quantitative estimate of drug-likeness (QED) is 0.575. The molecule has 0 aromatic carbocycles. The Morgan fingerprint density at radius 2 is 2.12 bits per heavy atom. The van der Waals surface area contributed by atoms with E-state index in [1.807, 2.05) is 22.6 Å². The van der Waals surface area contributed by atoms with Crippen LogP contribution in [0.3, 0.4) is 0 Å².